The van der Waals surface area contributed by atoms with Gasteiger partial charge >= 0.3 is 0 Å². The Morgan fingerprint density at radius 1 is 1.08 bits per heavy atom. The number of nitrogens with zero attached hydrogens (tertiary/aromatic N) is 3. The molecule has 0 fully saturated rings. The molecule has 2 aromatic heterocycles. The summed E-state index contributed by atoms with van der Waals surface area (Å²) in [5.74, 6) is 0.896. The van der Waals surface area contributed by atoms with Crippen LogP contribution in [0.15, 0.2) is 52.9 Å². The molecule has 0 aliphatic carbocycles. The van der Waals surface area contributed by atoms with E-state index in [1.54, 1.807) is 6.92 Å². The Hall–Kier alpha value is -2.63. The number of hydrogen-bond donors (Lipinski definition) is 1. The van der Waals surface area contributed by atoms with E-state index in [0.717, 1.165) is 22.2 Å². The Kier molecular flexibility index (Phi) is 3.59. The minimum absolute atomic E-state index is 0.400. The van der Waals surface area contributed by atoms with Crippen molar-refractivity contribution < 1.29 is 4.42 Å². The lowest BCUT2D eigenvalue weighted by Crippen LogP contribution is -2.00. The molecule has 0 unspecified atom stereocenters. The summed E-state index contributed by atoms with van der Waals surface area (Å²) in [6.45, 7) is 2.26. The summed E-state index contributed by atoms with van der Waals surface area (Å²) in [6.07, 6.45) is 0. The van der Waals surface area contributed by atoms with Crippen LogP contribution in [0.3, 0.4) is 0 Å². The standard InChI is InChI=1S/C18H15ClN4O/c1-11-21-22-18(24-11)17-16(19)14-4-2-3-5-15(14)23(17)13-8-6-12(10-20)7-9-13/h2-9H,10,20H2,1H3. The molecule has 2 heterocycles. The van der Waals surface area contributed by atoms with Crippen LogP contribution >= 0.6 is 11.6 Å². The fourth-order valence-corrected chi connectivity index (χ4v) is 3.16. The van der Waals surface area contributed by atoms with Crippen molar-refractivity contribution in [3.05, 3.63) is 65.0 Å². The lowest BCUT2D eigenvalue weighted by Gasteiger charge is -2.09. The average Bonchev–Trinajstić information content (AvgIpc) is 3.17. The van der Waals surface area contributed by atoms with Crippen LogP contribution in [0, 0.1) is 6.92 Å². The maximum atomic E-state index is 6.65. The number of para-hydroxylation sites is 1. The van der Waals surface area contributed by atoms with E-state index in [1.807, 2.05) is 53.1 Å². The summed E-state index contributed by atoms with van der Waals surface area (Å²) in [6, 6.07) is 16.0. The third-order valence-electron chi connectivity index (χ3n) is 3.97. The highest BCUT2D eigenvalue weighted by atomic mass is 35.5. The Balaban J connectivity index is 2.04. The topological polar surface area (TPSA) is 69.9 Å². The summed E-state index contributed by atoms with van der Waals surface area (Å²) in [5.41, 5.74) is 9.40. The van der Waals surface area contributed by atoms with Crippen LogP contribution in [0.2, 0.25) is 5.02 Å². The molecule has 0 bridgehead atoms. The van der Waals surface area contributed by atoms with E-state index in [-0.39, 0.29) is 0 Å². The summed E-state index contributed by atoms with van der Waals surface area (Å²) in [5, 5.41) is 9.61. The largest absolute Gasteiger partial charge is 0.420 e. The molecule has 0 amide bonds. The van der Waals surface area contributed by atoms with Gasteiger partial charge in [-0.25, -0.2) is 0 Å². The number of halogens is 1. The van der Waals surface area contributed by atoms with E-state index in [1.165, 1.54) is 0 Å². The fourth-order valence-electron chi connectivity index (χ4n) is 2.83. The first kappa shape index (κ1) is 14.9. The van der Waals surface area contributed by atoms with E-state index >= 15 is 0 Å². The fraction of sp³-hybridized carbons (Fsp3) is 0.111. The maximum Gasteiger partial charge on any atom is 0.266 e. The molecule has 2 N–H and O–H groups in total. The molecule has 6 heteroatoms. The predicted octanol–water partition coefficient (Wildman–Crippen LogP) is 4.10. The predicted molar refractivity (Wildman–Crippen MR) is 94.2 cm³/mol. The summed E-state index contributed by atoms with van der Waals surface area (Å²) in [4.78, 5) is 0. The van der Waals surface area contributed by atoms with Gasteiger partial charge in [0.25, 0.3) is 5.89 Å². The van der Waals surface area contributed by atoms with Gasteiger partial charge in [-0.15, -0.1) is 10.2 Å². The SMILES string of the molecule is Cc1nnc(-c2c(Cl)c3ccccc3n2-c2ccc(CN)cc2)o1. The van der Waals surface area contributed by atoms with Crippen molar-refractivity contribution in [3.8, 4) is 17.3 Å². The molecular formula is C18H15ClN4O. The van der Waals surface area contributed by atoms with Crippen LogP contribution in [0.1, 0.15) is 11.5 Å². The third kappa shape index (κ3) is 2.29. The van der Waals surface area contributed by atoms with Crippen molar-refractivity contribution in [1.29, 1.82) is 0 Å². The zero-order valence-electron chi connectivity index (χ0n) is 13.0. The number of rotatable bonds is 3. The molecule has 0 saturated carbocycles. The van der Waals surface area contributed by atoms with Gasteiger partial charge in [-0.2, -0.15) is 0 Å². The second-order valence-electron chi connectivity index (χ2n) is 5.51. The van der Waals surface area contributed by atoms with Gasteiger partial charge in [0.1, 0.15) is 5.69 Å². The zero-order valence-corrected chi connectivity index (χ0v) is 13.8. The first-order valence-electron chi connectivity index (χ1n) is 7.58. The van der Waals surface area contributed by atoms with Gasteiger partial charge < -0.3 is 14.7 Å². The molecule has 0 aliphatic heterocycles. The highest BCUT2D eigenvalue weighted by molar-refractivity contribution is 6.38. The van der Waals surface area contributed by atoms with Gasteiger partial charge in [0.15, 0.2) is 0 Å². The van der Waals surface area contributed by atoms with Gasteiger partial charge in [-0.3, -0.25) is 0 Å². The van der Waals surface area contributed by atoms with E-state index in [0.29, 0.717) is 29.0 Å². The molecule has 0 aliphatic rings. The Morgan fingerprint density at radius 3 is 2.50 bits per heavy atom. The van der Waals surface area contributed by atoms with Crippen molar-refractivity contribution in [2.45, 2.75) is 13.5 Å². The van der Waals surface area contributed by atoms with Crippen molar-refractivity contribution in [2.24, 2.45) is 5.73 Å². The normalized spacial score (nSPS) is 11.3. The van der Waals surface area contributed by atoms with Crippen molar-refractivity contribution in [2.75, 3.05) is 0 Å². The molecule has 5 nitrogen and oxygen atoms in total. The van der Waals surface area contributed by atoms with Crippen LogP contribution in [0.4, 0.5) is 0 Å². The molecule has 120 valence electrons. The Morgan fingerprint density at radius 2 is 1.83 bits per heavy atom. The highest BCUT2D eigenvalue weighted by Crippen LogP contribution is 2.39. The molecule has 0 spiro atoms. The van der Waals surface area contributed by atoms with Gasteiger partial charge in [0.05, 0.1) is 10.5 Å². The van der Waals surface area contributed by atoms with Gasteiger partial charge in [0, 0.05) is 24.5 Å². The molecule has 4 aromatic rings. The highest BCUT2D eigenvalue weighted by Gasteiger charge is 2.22. The second kappa shape index (κ2) is 5.78. The zero-order chi connectivity index (χ0) is 16.7. The van der Waals surface area contributed by atoms with E-state index in [4.69, 9.17) is 21.8 Å². The third-order valence-corrected chi connectivity index (χ3v) is 4.35. The Labute approximate surface area is 143 Å². The van der Waals surface area contributed by atoms with E-state index in [9.17, 15) is 0 Å². The lowest BCUT2D eigenvalue weighted by molar-refractivity contribution is 0.530. The van der Waals surface area contributed by atoms with Crippen molar-refractivity contribution in [3.63, 3.8) is 0 Å². The molecule has 0 saturated heterocycles. The smallest absolute Gasteiger partial charge is 0.266 e. The van der Waals surface area contributed by atoms with Gasteiger partial charge in [-0.05, 0) is 23.8 Å². The number of fused-ring (bicyclic) bond motifs is 1. The number of aromatic nitrogens is 3. The monoisotopic (exact) mass is 338 g/mol. The number of hydrogen-bond acceptors (Lipinski definition) is 4. The van der Waals surface area contributed by atoms with Crippen LogP contribution in [0.25, 0.3) is 28.2 Å². The molecule has 0 radical (unpaired) electrons. The molecule has 2 aromatic carbocycles. The average molecular weight is 339 g/mol. The summed E-state index contributed by atoms with van der Waals surface area (Å²) < 4.78 is 7.67. The molecule has 24 heavy (non-hydrogen) atoms. The van der Waals surface area contributed by atoms with E-state index < -0.39 is 0 Å². The van der Waals surface area contributed by atoms with Crippen molar-refractivity contribution in [1.82, 2.24) is 14.8 Å². The summed E-state index contributed by atoms with van der Waals surface area (Å²) >= 11 is 6.65. The van der Waals surface area contributed by atoms with Crippen LogP contribution in [-0.2, 0) is 6.54 Å². The van der Waals surface area contributed by atoms with E-state index in [2.05, 4.69) is 10.2 Å². The summed E-state index contributed by atoms with van der Waals surface area (Å²) in [7, 11) is 0. The number of aryl methyl sites for hydroxylation is 1. The number of nitrogens with two attached hydrogens (primary N) is 1. The van der Waals surface area contributed by atoms with Gasteiger partial charge in [-0.1, -0.05) is 41.9 Å². The number of benzene rings is 2. The molecular weight excluding hydrogens is 324 g/mol. The minimum Gasteiger partial charge on any atom is -0.420 e. The maximum absolute atomic E-state index is 6.65. The lowest BCUT2D eigenvalue weighted by atomic mass is 10.2. The van der Waals surface area contributed by atoms with Crippen LogP contribution in [-0.4, -0.2) is 14.8 Å². The minimum atomic E-state index is 0.400. The first-order valence-corrected chi connectivity index (χ1v) is 7.95. The van der Waals surface area contributed by atoms with Crippen LogP contribution in [0.5, 0.6) is 0 Å². The van der Waals surface area contributed by atoms with Gasteiger partial charge in [0.2, 0.25) is 5.89 Å². The quantitative estimate of drug-likeness (QED) is 0.610. The molecule has 4 rings (SSSR count). The van der Waals surface area contributed by atoms with Crippen LogP contribution < -0.4 is 5.73 Å². The van der Waals surface area contributed by atoms with Crippen molar-refractivity contribution >= 4 is 22.5 Å². The first-order chi connectivity index (χ1) is 11.7. The second-order valence-corrected chi connectivity index (χ2v) is 5.89. The molecule has 0 atom stereocenters. The Bertz CT molecular complexity index is 1020.